The van der Waals surface area contributed by atoms with Crippen molar-refractivity contribution in [2.75, 3.05) is 36.0 Å². The van der Waals surface area contributed by atoms with Crippen molar-refractivity contribution in [1.29, 1.82) is 0 Å². The van der Waals surface area contributed by atoms with E-state index in [9.17, 15) is 14.9 Å². The molecule has 0 saturated carbocycles. The Balaban J connectivity index is 1.40. The number of nitrogens with zero attached hydrogens (tertiary/aromatic N) is 5. The second-order valence-corrected chi connectivity index (χ2v) is 8.37. The number of nitro groups is 1. The van der Waals surface area contributed by atoms with Crippen molar-refractivity contribution in [3.63, 3.8) is 0 Å². The molecule has 5 rings (SSSR count). The summed E-state index contributed by atoms with van der Waals surface area (Å²) in [6.07, 6.45) is 0.747. The first-order valence-electron chi connectivity index (χ1n) is 11.4. The highest BCUT2D eigenvalue weighted by Gasteiger charge is 2.23. The minimum atomic E-state index is -0.387. The van der Waals surface area contributed by atoms with Gasteiger partial charge in [0.15, 0.2) is 0 Å². The van der Waals surface area contributed by atoms with Crippen LogP contribution in [0, 0.1) is 10.1 Å². The van der Waals surface area contributed by atoms with Crippen LogP contribution in [0.1, 0.15) is 5.56 Å². The van der Waals surface area contributed by atoms with Crippen molar-refractivity contribution in [2.24, 2.45) is 0 Å². The number of aromatic nitrogens is 2. The van der Waals surface area contributed by atoms with Gasteiger partial charge in [-0.3, -0.25) is 19.5 Å². The first-order valence-corrected chi connectivity index (χ1v) is 11.4. The molecule has 0 radical (unpaired) electrons. The lowest BCUT2D eigenvalue weighted by atomic mass is 10.1. The quantitative estimate of drug-likeness (QED) is 0.324. The fourth-order valence-corrected chi connectivity index (χ4v) is 4.43. The Morgan fingerprint density at radius 1 is 0.824 bits per heavy atom. The van der Waals surface area contributed by atoms with Gasteiger partial charge in [0.1, 0.15) is 0 Å². The number of fused-ring (bicyclic) bond motifs is 1. The molecule has 1 aliphatic rings. The largest absolute Gasteiger partial charge is 0.368 e. The van der Waals surface area contributed by atoms with Gasteiger partial charge in [0, 0.05) is 50.5 Å². The van der Waals surface area contributed by atoms with E-state index in [0.717, 1.165) is 25.2 Å². The lowest BCUT2D eigenvalue weighted by molar-refractivity contribution is -0.384. The Morgan fingerprint density at radius 2 is 1.47 bits per heavy atom. The van der Waals surface area contributed by atoms with Gasteiger partial charge in [-0.1, -0.05) is 42.5 Å². The molecule has 172 valence electrons. The number of hydrogen-bond donors (Lipinski definition) is 0. The van der Waals surface area contributed by atoms with E-state index in [4.69, 9.17) is 4.98 Å². The molecule has 4 aromatic rings. The van der Waals surface area contributed by atoms with Gasteiger partial charge in [-0.25, -0.2) is 4.98 Å². The van der Waals surface area contributed by atoms with Crippen molar-refractivity contribution in [1.82, 2.24) is 9.55 Å². The Labute approximate surface area is 196 Å². The third-order valence-electron chi connectivity index (χ3n) is 6.30. The number of nitro benzene ring substituents is 1. The summed E-state index contributed by atoms with van der Waals surface area (Å²) in [7, 11) is 0. The second-order valence-electron chi connectivity index (χ2n) is 8.37. The van der Waals surface area contributed by atoms with Crippen LogP contribution in [0.15, 0.2) is 83.7 Å². The molecule has 8 heteroatoms. The highest BCUT2D eigenvalue weighted by molar-refractivity contribution is 5.78. The Kier molecular flexibility index (Phi) is 5.95. The van der Waals surface area contributed by atoms with Crippen LogP contribution in [-0.4, -0.2) is 40.7 Å². The number of rotatable bonds is 6. The Morgan fingerprint density at radius 3 is 2.18 bits per heavy atom. The highest BCUT2D eigenvalue weighted by Crippen LogP contribution is 2.23. The maximum Gasteiger partial charge on any atom is 0.269 e. The molecule has 0 aliphatic carbocycles. The molecule has 8 nitrogen and oxygen atoms in total. The van der Waals surface area contributed by atoms with Crippen molar-refractivity contribution in [3.05, 3.63) is 105 Å². The zero-order valence-electron chi connectivity index (χ0n) is 18.7. The van der Waals surface area contributed by atoms with Crippen LogP contribution in [-0.2, 0) is 13.0 Å². The molecular formula is C26H25N5O3. The summed E-state index contributed by atoms with van der Waals surface area (Å²) < 4.78 is 1.80. The SMILES string of the molecule is O=c1c2ccccc2nc(N2CCN(c3ccc([N+](=O)[O-])cc3)CC2)n1CCc1ccccc1. The monoisotopic (exact) mass is 455 g/mol. The predicted octanol–water partition coefficient (Wildman–Crippen LogP) is 3.87. The molecule has 34 heavy (non-hydrogen) atoms. The fourth-order valence-electron chi connectivity index (χ4n) is 4.43. The molecule has 0 N–H and O–H groups in total. The molecule has 1 aromatic heterocycles. The van der Waals surface area contributed by atoms with Gasteiger partial charge in [-0.05, 0) is 36.2 Å². The number of para-hydroxylation sites is 1. The van der Waals surface area contributed by atoms with Crippen molar-refractivity contribution < 1.29 is 4.92 Å². The van der Waals surface area contributed by atoms with Gasteiger partial charge in [-0.15, -0.1) is 0 Å². The fraction of sp³-hybridized carbons (Fsp3) is 0.231. The maximum atomic E-state index is 13.4. The average molecular weight is 456 g/mol. The summed E-state index contributed by atoms with van der Waals surface area (Å²) >= 11 is 0. The molecular weight excluding hydrogens is 430 g/mol. The lowest BCUT2D eigenvalue weighted by Gasteiger charge is -2.37. The third kappa shape index (κ3) is 4.34. The van der Waals surface area contributed by atoms with E-state index in [0.29, 0.717) is 36.5 Å². The summed E-state index contributed by atoms with van der Waals surface area (Å²) in [5, 5.41) is 11.6. The molecule has 1 fully saturated rings. The second kappa shape index (κ2) is 9.35. The minimum Gasteiger partial charge on any atom is -0.368 e. The summed E-state index contributed by atoms with van der Waals surface area (Å²) in [5.41, 5.74) is 2.91. The van der Waals surface area contributed by atoms with Gasteiger partial charge in [0.2, 0.25) is 5.95 Å². The summed E-state index contributed by atoms with van der Waals surface area (Å²) in [5.74, 6) is 0.697. The first-order chi connectivity index (χ1) is 16.6. The molecule has 0 bridgehead atoms. The van der Waals surface area contributed by atoms with E-state index in [1.54, 1.807) is 16.7 Å². The van der Waals surface area contributed by atoms with Gasteiger partial charge in [0.05, 0.1) is 15.8 Å². The molecule has 1 aliphatic heterocycles. The molecule has 3 aromatic carbocycles. The zero-order chi connectivity index (χ0) is 23.5. The van der Waals surface area contributed by atoms with E-state index >= 15 is 0 Å². The normalized spacial score (nSPS) is 13.9. The number of hydrogen-bond acceptors (Lipinski definition) is 6. The van der Waals surface area contributed by atoms with E-state index in [1.807, 2.05) is 42.5 Å². The van der Waals surface area contributed by atoms with Crippen molar-refractivity contribution in [3.8, 4) is 0 Å². The highest BCUT2D eigenvalue weighted by atomic mass is 16.6. The van der Waals surface area contributed by atoms with Crippen LogP contribution >= 0.6 is 0 Å². The van der Waals surface area contributed by atoms with Crippen LogP contribution < -0.4 is 15.4 Å². The molecule has 0 spiro atoms. The van der Waals surface area contributed by atoms with Crippen molar-refractivity contribution >= 4 is 28.2 Å². The maximum absolute atomic E-state index is 13.4. The van der Waals surface area contributed by atoms with Crippen LogP contribution in [0.3, 0.4) is 0 Å². The Hall–Kier alpha value is -4.20. The van der Waals surface area contributed by atoms with E-state index in [-0.39, 0.29) is 16.2 Å². The number of benzene rings is 3. The summed E-state index contributed by atoms with van der Waals surface area (Å²) in [6.45, 7) is 3.43. The number of non-ortho nitro benzene ring substituents is 1. The zero-order valence-corrected chi connectivity index (χ0v) is 18.7. The molecule has 0 amide bonds. The van der Waals surface area contributed by atoms with E-state index in [2.05, 4.69) is 21.9 Å². The number of anilines is 2. The van der Waals surface area contributed by atoms with Crippen LogP contribution in [0.25, 0.3) is 10.9 Å². The van der Waals surface area contributed by atoms with Crippen LogP contribution in [0.4, 0.5) is 17.3 Å². The van der Waals surface area contributed by atoms with E-state index in [1.165, 1.54) is 17.7 Å². The number of aryl methyl sites for hydroxylation is 1. The molecule has 1 saturated heterocycles. The summed E-state index contributed by atoms with van der Waals surface area (Å²) in [6, 6.07) is 24.3. The van der Waals surface area contributed by atoms with E-state index < -0.39 is 0 Å². The van der Waals surface area contributed by atoms with Gasteiger partial charge >= 0.3 is 0 Å². The Bertz CT molecular complexity index is 1360. The number of piperazine rings is 1. The molecule has 0 unspecified atom stereocenters. The standard InChI is InChI=1S/C26H25N5O3/c32-25-23-8-4-5-9-24(23)27-26(30(25)15-14-20-6-2-1-3-7-20)29-18-16-28(17-19-29)21-10-12-22(13-11-21)31(33)34/h1-13H,14-19H2. The molecule has 0 atom stereocenters. The molecule has 2 heterocycles. The van der Waals surface area contributed by atoms with Crippen molar-refractivity contribution in [2.45, 2.75) is 13.0 Å². The van der Waals surface area contributed by atoms with Crippen LogP contribution in [0.2, 0.25) is 0 Å². The topological polar surface area (TPSA) is 84.5 Å². The van der Waals surface area contributed by atoms with Gasteiger partial charge in [0.25, 0.3) is 11.2 Å². The lowest BCUT2D eigenvalue weighted by Crippen LogP contribution is -2.48. The third-order valence-corrected chi connectivity index (χ3v) is 6.30. The smallest absolute Gasteiger partial charge is 0.269 e. The average Bonchev–Trinajstić information content (AvgIpc) is 2.89. The van der Waals surface area contributed by atoms with Crippen LogP contribution in [0.5, 0.6) is 0 Å². The first kappa shape index (κ1) is 21.6. The predicted molar refractivity (Wildman–Crippen MR) is 134 cm³/mol. The minimum absolute atomic E-state index is 0.0191. The van der Waals surface area contributed by atoms with Gasteiger partial charge in [-0.2, -0.15) is 0 Å². The summed E-state index contributed by atoms with van der Waals surface area (Å²) in [4.78, 5) is 33.2. The van der Waals surface area contributed by atoms with Gasteiger partial charge < -0.3 is 9.80 Å².